The van der Waals surface area contributed by atoms with Gasteiger partial charge in [0.2, 0.25) is 0 Å². The van der Waals surface area contributed by atoms with Crippen LogP contribution in [0.25, 0.3) is 16.7 Å². The minimum Gasteiger partial charge on any atom is -0.497 e. The topological polar surface area (TPSA) is 59.3 Å². The molecule has 7 nitrogen and oxygen atoms in total. The summed E-state index contributed by atoms with van der Waals surface area (Å²) in [5.74, 6) is 1.82. The van der Waals surface area contributed by atoms with E-state index in [4.69, 9.17) is 4.74 Å². The molecule has 2 aromatic carbocycles. The Morgan fingerprint density at radius 2 is 1.67 bits per heavy atom. The molecule has 0 radical (unpaired) electrons. The van der Waals surface area contributed by atoms with Gasteiger partial charge in [-0.2, -0.15) is 5.10 Å². The van der Waals surface area contributed by atoms with E-state index in [0.29, 0.717) is 0 Å². The number of piperazine rings is 1. The van der Waals surface area contributed by atoms with E-state index in [-0.39, 0.29) is 0 Å². The second-order valence-corrected chi connectivity index (χ2v) is 8.06. The van der Waals surface area contributed by atoms with Gasteiger partial charge in [0, 0.05) is 36.3 Å². The van der Waals surface area contributed by atoms with Crippen molar-refractivity contribution >= 4 is 38.5 Å². The molecule has 0 spiro atoms. The van der Waals surface area contributed by atoms with Crippen molar-refractivity contribution in [1.29, 1.82) is 0 Å². The first-order chi connectivity index (χ1) is 14.7. The lowest BCUT2D eigenvalue weighted by atomic mass is 10.2. The lowest BCUT2D eigenvalue weighted by Crippen LogP contribution is -2.46. The van der Waals surface area contributed by atoms with Gasteiger partial charge in [-0.15, -0.1) is 0 Å². The fourth-order valence-electron chi connectivity index (χ4n) is 3.85. The van der Waals surface area contributed by atoms with Crippen molar-refractivity contribution < 1.29 is 4.74 Å². The van der Waals surface area contributed by atoms with Crippen molar-refractivity contribution in [2.75, 3.05) is 43.1 Å². The summed E-state index contributed by atoms with van der Waals surface area (Å²) in [5.41, 5.74) is 3.00. The largest absolute Gasteiger partial charge is 0.497 e. The number of methoxy groups -OCH3 is 1. The van der Waals surface area contributed by atoms with E-state index in [1.807, 2.05) is 47.3 Å². The lowest BCUT2D eigenvalue weighted by Gasteiger charge is -2.36. The molecule has 8 heteroatoms. The summed E-state index contributed by atoms with van der Waals surface area (Å²) in [6.45, 7) is 3.63. The maximum atomic E-state index is 5.26. The fraction of sp³-hybridized carbons (Fsp3) is 0.227. The first-order valence-electron chi connectivity index (χ1n) is 9.81. The smallest absolute Gasteiger partial charge is 0.168 e. The zero-order valence-corrected chi connectivity index (χ0v) is 18.2. The molecule has 2 aromatic heterocycles. The van der Waals surface area contributed by atoms with Gasteiger partial charge in [0.25, 0.3) is 0 Å². The van der Waals surface area contributed by atoms with Crippen molar-refractivity contribution in [3.8, 4) is 11.4 Å². The third-order valence-electron chi connectivity index (χ3n) is 5.41. The average molecular weight is 465 g/mol. The summed E-state index contributed by atoms with van der Waals surface area (Å²) in [5, 5.41) is 5.55. The molecule has 1 aliphatic heterocycles. The summed E-state index contributed by atoms with van der Waals surface area (Å²) in [4.78, 5) is 13.8. The van der Waals surface area contributed by atoms with Crippen LogP contribution in [0.5, 0.6) is 5.75 Å². The van der Waals surface area contributed by atoms with Crippen molar-refractivity contribution in [2.45, 2.75) is 0 Å². The quantitative estimate of drug-likeness (QED) is 0.456. The number of fused-ring (bicyclic) bond motifs is 1. The molecule has 1 fully saturated rings. The van der Waals surface area contributed by atoms with Gasteiger partial charge >= 0.3 is 0 Å². The van der Waals surface area contributed by atoms with Crippen LogP contribution in [0, 0.1) is 0 Å². The van der Waals surface area contributed by atoms with Gasteiger partial charge in [0.05, 0.1) is 24.4 Å². The predicted molar refractivity (Wildman–Crippen MR) is 122 cm³/mol. The molecule has 3 heterocycles. The van der Waals surface area contributed by atoms with Crippen LogP contribution in [0.2, 0.25) is 0 Å². The van der Waals surface area contributed by atoms with Crippen molar-refractivity contribution in [1.82, 2.24) is 19.7 Å². The van der Waals surface area contributed by atoms with Crippen LogP contribution < -0.4 is 14.5 Å². The standard InChI is InChI=1S/C22H21BrN6O/c1-30-19-7-5-17(6-8-19)27-9-11-28(12-10-27)21-20-14-26-29(22(20)25-15-24-21)18-4-2-3-16(23)13-18/h2-8,13-15H,9-12H2,1H3. The summed E-state index contributed by atoms with van der Waals surface area (Å²) in [7, 11) is 1.69. The van der Waals surface area contributed by atoms with E-state index in [1.54, 1.807) is 13.4 Å². The highest BCUT2D eigenvalue weighted by Gasteiger charge is 2.22. The molecule has 0 aliphatic carbocycles. The Morgan fingerprint density at radius 3 is 2.40 bits per heavy atom. The zero-order chi connectivity index (χ0) is 20.5. The van der Waals surface area contributed by atoms with Gasteiger partial charge in [-0.1, -0.05) is 22.0 Å². The van der Waals surface area contributed by atoms with Crippen molar-refractivity contribution in [3.05, 3.63) is 65.5 Å². The van der Waals surface area contributed by atoms with Crippen LogP contribution in [0.4, 0.5) is 11.5 Å². The molecule has 0 atom stereocenters. The number of rotatable bonds is 4. The number of aromatic nitrogens is 4. The monoisotopic (exact) mass is 464 g/mol. The Kier molecular flexibility index (Phi) is 5.00. The van der Waals surface area contributed by atoms with Crippen LogP contribution in [0.3, 0.4) is 0 Å². The van der Waals surface area contributed by atoms with Gasteiger partial charge in [-0.3, -0.25) is 0 Å². The number of hydrogen-bond donors (Lipinski definition) is 0. The third-order valence-corrected chi connectivity index (χ3v) is 5.91. The Labute approximate surface area is 183 Å². The molecule has 0 bridgehead atoms. The van der Waals surface area contributed by atoms with E-state index >= 15 is 0 Å². The summed E-state index contributed by atoms with van der Waals surface area (Å²) in [6.07, 6.45) is 3.49. The van der Waals surface area contributed by atoms with Crippen LogP contribution in [-0.2, 0) is 0 Å². The molecule has 0 N–H and O–H groups in total. The van der Waals surface area contributed by atoms with E-state index < -0.39 is 0 Å². The molecular weight excluding hydrogens is 444 g/mol. The highest BCUT2D eigenvalue weighted by molar-refractivity contribution is 9.10. The Hall–Kier alpha value is -3.13. The first kappa shape index (κ1) is 18.9. The highest BCUT2D eigenvalue weighted by atomic mass is 79.9. The second-order valence-electron chi connectivity index (χ2n) is 7.14. The predicted octanol–water partition coefficient (Wildman–Crippen LogP) is 3.91. The molecule has 0 unspecified atom stereocenters. The summed E-state index contributed by atoms with van der Waals surface area (Å²) < 4.78 is 8.13. The number of anilines is 2. The molecular formula is C22H21BrN6O. The van der Waals surface area contributed by atoms with Crippen molar-refractivity contribution in [3.63, 3.8) is 0 Å². The van der Waals surface area contributed by atoms with E-state index in [2.05, 4.69) is 52.9 Å². The first-order valence-corrected chi connectivity index (χ1v) is 10.6. The lowest BCUT2D eigenvalue weighted by molar-refractivity contribution is 0.415. The van der Waals surface area contributed by atoms with E-state index in [9.17, 15) is 0 Å². The van der Waals surface area contributed by atoms with E-state index in [1.165, 1.54) is 5.69 Å². The van der Waals surface area contributed by atoms with Gasteiger partial charge in [0.1, 0.15) is 17.9 Å². The van der Waals surface area contributed by atoms with Gasteiger partial charge in [0.15, 0.2) is 5.65 Å². The van der Waals surface area contributed by atoms with Crippen LogP contribution >= 0.6 is 15.9 Å². The highest BCUT2D eigenvalue weighted by Crippen LogP contribution is 2.27. The molecule has 0 amide bonds. The molecule has 30 heavy (non-hydrogen) atoms. The molecule has 0 saturated carbocycles. The Balaban J connectivity index is 1.38. The number of halogens is 1. The molecule has 1 saturated heterocycles. The number of ether oxygens (including phenoxy) is 1. The maximum Gasteiger partial charge on any atom is 0.168 e. The van der Waals surface area contributed by atoms with Crippen LogP contribution in [0.1, 0.15) is 0 Å². The van der Waals surface area contributed by atoms with Crippen LogP contribution in [-0.4, -0.2) is 53.0 Å². The van der Waals surface area contributed by atoms with Gasteiger partial charge in [-0.25, -0.2) is 14.6 Å². The van der Waals surface area contributed by atoms with E-state index in [0.717, 1.165) is 58.9 Å². The third kappa shape index (κ3) is 3.47. The van der Waals surface area contributed by atoms with Gasteiger partial charge in [-0.05, 0) is 42.5 Å². The Bertz CT molecular complexity index is 1170. The molecule has 1 aliphatic rings. The minimum absolute atomic E-state index is 0.815. The van der Waals surface area contributed by atoms with Crippen LogP contribution in [0.15, 0.2) is 65.5 Å². The average Bonchev–Trinajstić information content (AvgIpc) is 3.24. The second kappa shape index (κ2) is 7.95. The SMILES string of the molecule is COc1ccc(N2CCN(c3ncnc4c3cnn4-c3cccc(Br)c3)CC2)cc1. The van der Waals surface area contributed by atoms with Crippen molar-refractivity contribution in [2.24, 2.45) is 0 Å². The Morgan fingerprint density at radius 1 is 0.900 bits per heavy atom. The number of benzene rings is 2. The normalized spacial score (nSPS) is 14.3. The maximum absolute atomic E-state index is 5.26. The molecule has 4 aromatic rings. The number of nitrogens with zero attached hydrogens (tertiary/aromatic N) is 6. The van der Waals surface area contributed by atoms with Gasteiger partial charge < -0.3 is 14.5 Å². The number of hydrogen-bond acceptors (Lipinski definition) is 6. The molecule has 5 rings (SSSR count). The summed E-state index contributed by atoms with van der Waals surface area (Å²) in [6, 6.07) is 16.3. The summed E-state index contributed by atoms with van der Waals surface area (Å²) >= 11 is 3.53. The fourth-order valence-corrected chi connectivity index (χ4v) is 4.24. The molecule has 152 valence electrons. The minimum atomic E-state index is 0.815. The zero-order valence-electron chi connectivity index (χ0n) is 16.6.